The van der Waals surface area contributed by atoms with E-state index in [-0.39, 0.29) is 5.92 Å². The Labute approximate surface area is 94.3 Å². The second-order valence-corrected chi connectivity index (χ2v) is 4.26. The van der Waals surface area contributed by atoms with E-state index in [0.29, 0.717) is 6.42 Å². The summed E-state index contributed by atoms with van der Waals surface area (Å²) in [5.41, 5.74) is 2.22. The number of aliphatic carboxylic acids is 1. The molecule has 2 rings (SSSR count). The summed E-state index contributed by atoms with van der Waals surface area (Å²) in [5.74, 6) is -1.08. The molecule has 3 nitrogen and oxygen atoms in total. The van der Waals surface area contributed by atoms with Crippen LogP contribution in [-0.2, 0) is 18.3 Å². The van der Waals surface area contributed by atoms with Crippen LogP contribution in [0.4, 0.5) is 0 Å². The van der Waals surface area contributed by atoms with Crippen molar-refractivity contribution in [3.05, 3.63) is 36.0 Å². The van der Waals surface area contributed by atoms with Gasteiger partial charge in [0.2, 0.25) is 0 Å². The molecule has 0 aliphatic rings. The zero-order valence-electron chi connectivity index (χ0n) is 9.47. The summed E-state index contributed by atoms with van der Waals surface area (Å²) in [4.78, 5) is 10.8. The van der Waals surface area contributed by atoms with Crippen molar-refractivity contribution in [3.63, 3.8) is 0 Å². The number of fused-ring (bicyclic) bond motifs is 1. The van der Waals surface area contributed by atoms with Crippen LogP contribution in [0.1, 0.15) is 12.5 Å². The Balaban J connectivity index is 2.32. The first-order valence-electron chi connectivity index (χ1n) is 5.34. The van der Waals surface area contributed by atoms with Crippen molar-refractivity contribution in [2.24, 2.45) is 13.0 Å². The number of hydrogen-bond donors (Lipinski definition) is 1. The van der Waals surface area contributed by atoms with Gasteiger partial charge in [-0.25, -0.2) is 0 Å². The molecule has 0 saturated heterocycles. The Bertz CT molecular complexity index is 528. The Kier molecular flexibility index (Phi) is 2.69. The summed E-state index contributed by atoms with van der Waals surface area (Å²) in [6.07, 6.45) is 2.59. The number of aryl methyl sites for hydroxylation is 1. The molecule has 84 valence electrons. The molecular weight excluding hydrogens is 202 g/mol. The maximum Gasteiger partial charge on any atom is 0.306 e. The summed E-state index contributed by atoms with van der Waals surface area (Å²) in [7, 11) is 1.99. The van der Waals surface area contributed by atoms with Crippen molar-refractivity contribution in [3.8, 4) is 0 Å². The lowest BCUT2D eigenvalue weighted by Gasteiger charge is -2.06. The third kappa shape index (κ3) is 1.94. The number of carbonyl (C=O) groups is 1. The topological polar surface area (TPSA) is 42.2 Å². The van der Waals surface area contributed by atoms with Crippen LogP contribution >= 0.6 is 0 Å². The van der Waals surface area contributed by atoms with E-state index < -0.39 is 5.97 Å². The van der Waals surface area contributed by atoms with Gasteiger partial charge in [-0.2, -0.15) is 0 Å². The lowest BCUT2D eigenvalue weighted by atomic mass is 10.0. The smallest absolute Gasteiger partial charge is 0.306 e. The molecule has 0 bridgehead atoms. The molecule has 1 atom stereocenters. The van der Waals surface area contributed by atoms with E-state index in [1.165, 1.54) is 5.39 Å². The van der Waals surface area contributed by atoms with Crippen LogP contribution in [0.3, 0.4) is 0 Å². The maximum absolute atomic E-state index is 10.8. The number of aromatic nitrogens is 1. The fourth-order valence-electron chi connectivity index (χ4n) is 1.88. The Morgan fingerprint density at radius 2 is 2.19 bits per heavy atom. The second-order valence-electron chi connectivity index (χ2n) is 4.26. The van der Waals surface area contributed by atoms with Gasteiger partial charge in [0.05, 0.1) is 5.92 Å². The first kappa shape index (κ1) is 10.7. The minimum Gasteiger partial charge on any atom is -0.481 e. The van der Waals surface area contributed by atoms with Gasteiger partial charge in [-0.15, -0.1) is 0 Å². The van der Waals surface area contributed by atoms with E-state index in [9.17, 15) is 4.79 Å². The lowest BCUT2D eigenvalue weighted by molar-refractivity contribution is -0.141. The van der Waals surface area contributed by atoms with Gasteiger partial charge < -0.3 is 9.67 Å². The minimum atomic E-state index is -0.744. The fourth-order valence-corrected chi connectivity index (χ4v) is 1.88. The van der Waals surface area contributed by atoms with Crippen molar-refractivity contribution < 1.29 is 9.90 Å². The first-order chi connectivity index (χ1) is 7.58. The molecule has 0 spiro atoms. The molecule has 1 N–H and O–H groups in total. The van der Waals surface area contributed by atoms with Gasteiger partial charge in [-0.3, -0.25) is 4.79 Å². The molecule has 0 amide bonds. The van der Waals surface area contributed by atoms with E-state index in [1.54, 1.807) is 6.92 Å². The van der Waals surface area contributed by atoms with Crippen LogP contribution in [0.5, 0.6) is 0 Å². The molecule has 3 heteroatoms. The molecule has 2 aromatic rings. The first-order valence-corrected chi connectivity index (χ1v) is 5.34. The predicted molar refractivity (Wildman–Crippen MR) is 63.4 cm³/mol. The molecule has 0 aliphatic carbocycles. The number of nitrogens with zero attached hydrogens (tertiary/aromatic N) is 1. The monoisotopic (exact) mass is 217 g/mol. The molecule has 0 radical (unpaired) electrons. The standard InChI is InChI=1S/C13H15NO2/c1-9(13(15)16)7-10-3-4-11-5-6-14(2)12(11)8-10/h3-6,8-9H,7H2,1-2H3,(H,15,16). The molecule has 1 unspecified atom stereocenters. The van der Waals surface area contributed by atoms with Crippen LogP contribution in [0.25, 0.3) is 10.9 Å². The molecule has 16 heavy (non-hydrogen) atoms. The summed E-state index contributed by atoms with van der Waals surface area (Å²) >= 11 is 0. The Hall–Kier alpha value is -1.77. The average Bonchev–Trinajstić information content (AvgIpc) is 2.60. The summed E-state index contributed by atoms with van der Waals surface area (Å²) < 4.78 is 2.05. The highest BCUT2D eigenvalue weighted by atomic mass is 16.4. The number of carboxylic acid groups (broad SMARTS) is 1. The zero-order valence-corrected chi connectivity index (χ0v) is 9.47. The van der Waals surface area contributed by atoms with Crippen molar-refractivity contribution in [2.45, 2.75) is 13.3 Å². The van der Waals surface area contributed by atoms with Crippen LogP contribution in [0.2, 0.25) is 0 Å². The quantitative estimate of drug-likeness (QED) is 0.858. The molecular formula is C13H15NO2. The van der Waals surface area contributed by atoms with Crippen molar-refractivity contribution in [1.82, 2.24) is 4.57 Å². The van der Waals surface area contributed by atoms with Crippen molar-refractivity contribution >= 4 is 16.9 Å². The second kappa shape index (κ2) is 4.00. The van der Waals surface area contributed by atoms with Crippen molar-refractivity contribution in [1.29, 1.82) is 0 Å². The zero-order chi connectivity index (χ0) is 11.7. The largest absolute Gasteiger partial charge is 0.481 e. The number of hydrogen-bond acceptors (Lipinski definition) is 1. The number of rotatable bonds is 3. The van der Waals surface area contributed by atoms with Gasteiger partial charge in [-0.1, -0.05) is 19.1 Å². The van der Waals surface area contributed by atoms with Crippen molar-refractivity contribution in [2.75, 3.05) is 0 Å². The van der Waals surface area contributed by atoms with Gasteiger partial charge >= 0.3 is 5.97 Å². The third-order valence-electron chi connectivity index (χ3n) is 2.92. The van der Waals surface area contributed by atoms with E-state index in [4.69, 9.17) is 5.11 Å². The Morgan fingerprint density at radius 3 is 2.88 bits per heavy atom. The van der Waals surface area contributed by atoms with E-state index >= 15 is 0 Å². The Morgan fingerprint density at radius 1 is 1.44 bits per heavy atom. The van der Waals surface area contributed by atoms with Gasteiger partial charge in [0.1, 0.15) is 0 Å². The molecule has 0 aliphatic heterocycles. The van der Waals surface area contributed by atoms with Gasteiger partial charge in [0.15, 0.2) is 0 Å². The molecule has 1 heterocycles. The van der Waals surface area contributed by atoms with E-state index in [2.05, 4.69) is 12.1 Å². The van der Waals surface area contributed by atoms with Gasteiger partial charge in [-0.05, 0) is 29.5 Å². The molecule has 1 aromatic heterocycles. The summed E-state index contributed by atoms with van der Waals surface area (Å²) in [6, 6.07) is 8.16. The fraction of sp³-hybridized carbons (Fsp3) is 0.308. The van der Waals surface area contributed by atoms with Gasteiger partial charge in [0.25, 0.3) is 0 Å². The lowest BCUT2D eigenvalue weighted by Crippen LogP contribution is -2.12. The molecule has 0 fully saturated rings. The summed E-state index contributed by atoms with van der Waals surface area (Å²) in [5, 5.41) is 10.1. The van der Waals surface area contributed by atoms with Crippen LogP contribution in [0, 0.1) is 5.92 Å². The minimum absolute atomic E-state index is 0.335. The van der Waals surface area contributed by atoms with E-state index in [1.807, 2.05) is 29.9 Å². The SMILES string of the molecule is CC(Cc1ccc2ccn(C)c2c1)C(=O)O. The summed E-state index contributed by atoms with van der Waals surface area (Å²) in [6.45, 7) is 1.73. The molecule has 1 aromatic carbocycles. The van der Waals surface area contributed by atoms with Crippen LogP contribution < -0.4 is 0 Å². The highest BCUT2D eigenvalue weighted by Gasteiger charge is 2.11. The highest BCUT2D eigenvalue weighted by Crippen LogP contribution is 2.18. The van der Waals surface area contributed by atoms with Gasteiger partial charge in [0, 0.05) is 18.8 Å². The maximum atomic E-state index is 10.8. The number of benzene rings is 1. The highest BCUT2D eigenvalue weighted by molar-refractivity contribution is 5.81. The van der Waals surface area contributed by atoms with E-state index in [0.717, 1.165) is 11.1 Å². The number of carboxylic acids is 1. The normalized spacial score (nSPS) is 12.9. The van der Waals surface area contributed by atoms with Crippen LogP contribution in [-0.4, -0.2) is 15.6 Å². The third-order valence-corrected chi connectivity index (χ3v) is 2.92. The average molecular weight is 217 g/mol. The predicted octanol–water partition coefficient (Wildman–Crippen LogP) is 2.44. The van der Waals surface area contributed by atoms with Crippen LogP contribution in [0.15, 0.2) is 30.5 Å². The molecule has 0 saturated carbocycles.